The highest BCUT2D eigenvalue weighted by Crippen LogP contribution is 2.36. The molecule has 1 fully saturated rings. The number of aromatic nitrogens is 2. The quantitative estimate of drug-likeness (QED) is 0.792. The Morgan fingerprint density at radius 3 is 2.82 bits per heavy atom. The van der Waals surface area contributed by atoms with E-state index in [4.69, 9.17) is 16.3 Å². The second kappa shape index (κ2) is 7.14. The van der Waals surface area contributed by atoms with Crippen LogP contribution in [0.1, 0.15) is 24.0 Å². The lowest BCUT2D eigenvalue weighted by Crippen LogP contribution is -2.45. The summed E-state index contributed by atoms with van der Waals surface area (Å²) in [6.07, 6.45) is 0.566. The lowest BCUT2D eigenvalue weighted by atomic mass is 9.84. The molecule has 0 saturated carbocycles. The van der Waals surface area contributed by atoms with Crippen LogP contribution in [0.25, 0.3) is 11.0 Å². The maximum atomic E-state index is 14.0. The predicted octanol–water partition coefficient (Wildman–Crippen LogP) is 3.75. The fraction of sp³-hybridized carbons (Fsp3) is 0.350. The lowest BCUT2D eigenvalue weighted by Gasteiger charge is -2.39. The number of amides is 1. The summed E-state index contributed by atoms with van der Waals surface area (Å²) >= 11 is 6.11. The van der Waals surface area contributed by atoms with Crippen LogP contribution < -0.4 is 0 Å². The molecule has 0 spiro atoms. The number of fused-ring (bicyclic) bond motifs is 1. The van der Waals surface area contributed by atoms with E-state index in [1.165, 1.54) is 12.1 Å². The zero-order valence-corrected chi connectivity index (χ0v) is 16.2. The van der Waals surface area contributed by atoms with Crippen molar-refractivity contribution in [2.75, 3.05) is 19.8 Å². The molecule has 146 valence electrons. The van der Waals surface area contributed by atoms with Gasteiger partial charge in [0.15, 0.2) is 11.6 Å². The number of ether oxygens (including phenoxy) is 1. The molecule has 2 aromatic rings. The number of aliphatic imine (C=N–C) groups is 1. The minimum absolute atomic E-state index is 0.0563. The summed E-state index contributed by atoms with van der Waals surface area (Å²) in [6.45, 7) is 11.5. The summed E-state index contributed by atoms with van der Waals surface area (Å²) in [5, 5.41) is 0.312. The summed E-state index contributed by atoms with van der Waals surface area (Å²) in [7, 11) is 0. The van der Waals surface area contributed by atoms with Crippen LogP contribution in [0.4, 0.5) is 4.39 Å². The van der Waals surface area contributed by atoms with Crippen molar-refractivity contribution in [3.63, 3.8) is 0 Å². The van der Waals surface area contributed by atoms with Crippen molar-refractivity contribution >= 4 is 35.3 Å². The first-order valence-corrected chi connectivity index (χ1v) is 9.41. The molecule has 2 aliphatic rings. The van der Waals surface area contributed by atoms with Crippen molar-refractivity contribution in [3.8, 4) is 0 Å². The molecular weight excluding hydrogens is 383 g/mol. The van der Waals surface area contributed by atoms with Crippen LogP contribution in [0.15, 0.2) is 40.5 Å². The van der Waals surface area contributed by atoms with Crippen molar-refractivity contribution in [1.82, 2.24) is 14.9 Å². The van der Waals surface area contributed by atoms with E-state index in [1.807, 2.05) is 6.92 Å². The number of H-pyrrole nitrogens is 1. The topological polar surface area (TPSA) is 70.6 Å². The van der Waals surface area contributed by atoms with Gasteiger partial charge in [-0.3, -0.25) is 9.79 Å². The molecule has 1 atom stereocenters. The van der Waals surface area contributed by atoms with Gasteiger partial charge in [0.1, 0.15) is 5.52 Å². The summed E-state index contributed by atoms with van der Waals surface area (Å²) in [6, 6.07) is 2.41. The van der Waals surface area contributed by atoms with Crippen LogP contribution in [0, 0.1) is 11.7 Å². The summed E-state index contributed by atoms with van der Waals surface area (Å²) < 4.78 is 19.3. The maximum Gasteiger partial charge on any atom is 0.290 e. The smallest absolute Gasteiger partial charge is 0.290 e. The first-order valence-electron chi connectivity index (χ1n) is 9.03. The molecule has 1 saturated heterocycles. The number of nitrogens with zero attached hydrogens (tertiary/aromatic N) is 3. The highest BCUT2D eigenvalue weighted by atomic mass is 35.5. The van der Waals surface area contributed by atoms with E-state index >= 15 is 0 Å². The van der Waals surface area contributed by atoms with Gasteiger partial charge in [0.25, 0.3) is 5.91 Å². The van der Waals surface area contributed by atoms with Gasteiger partial charge in [0, 0.05) is 24.6 Å². The minimum atomic E-state index is -0.529. The Bertz CT molecular complexity index is 986. The number of rotatable bonds is 4. The van der Waals surface area contributed by atoms with E-state index in [1.54, 1.807) is 4.90 Å². The number of halogens is 2. The van der Waals surface area contributed by atoms with Crippen molar-refractivity contribution in [1.29, 1.82) is 0 Å². The molecule has 3 heterocycles. The molecule has 1 unspecified atom stereocenters. The Hall–Kier alpha value is -2.51. The Labute approximate surface area is 166 Å². The van der Waals surface area contributed by atoms with Crippen LogP contribution >= 0.6 is 11.6 Å². The fourth-order valence-corrected chi connectivity index (χ4v) is 3.97. The van der Waals surface area contributed by atoms with Gasteiger partial charge >= 0.3 is 0 Å². The average molecular weight is 403 g/mol. The van der Waals surface area contributed by atoms with E-state index in [9.17, 15) is 9.18 Å². The van der Waals surface area contributed by atoms with E-state index in [2.05, 4.69) is 28.3 Å². The van der Waals surface area contributed by atoms with Crippen molar-refractivity contribution in [2.45, 2.75) is 19.4 Å². The van der Waals surface area contributed by atoms with Gasteiger partial charge in [-0.25, -0.2) is 9.37 Å². The van der Waals surface area contributed by atoms with Gasteiger partial charge in [-0.05, 0) is 36.9 Å². The predicted molar refractivity (Wildman–Crippen MR) is 106 cm³/mol. The first kappa shape index (κ1) is 18.8. The third-order valence-corrected chi connectivity index (χ3v) is 5.78. The molecule has 6 nitrogen and oxygen atoms in total. The van der Waals surface area contributed by atoms with Crippen LogP contribution in [-0.4, -0.2) is 53.3 Å². The molecule has 8 heteroatoms. The molecule has 1 amide bonds. The van der Waals surface area contributed by atoms with Gasteiger partial charge in [-0.2, -0.15) is 0 Å². The van der Waals surface area contributed by atoms with E-state index in [0.29, 0.717) is 36.7 Å². The molecule has 1 aromatic carbocycles. The normalized spacial score (nSPS) is 20.4. The van der Waals surface area contributed by atoms with Gasteiger partial charge in [-0.15, -0.1) is 0 Å². The maximum absolute atomic E-state index is 14.0. The Kier molecular flexibility index (Phi) is 4.81. The van der Waals surface area contributed by atoms with Crippen LogP contribution in [-0.2, 0) is 4.74 Å². The van der Waals surface area contributed by atoms with E-state index in [0.717, 1.165) is 16.8 Å². The largest absolute Gasteiger partial charge is 0.380 e. The van der Waals surface area contributed by atoms with Gasteiger partial charge in [0.05, 0.1) is 29.8 Å². The van der Waals surface area contributed by atoms with Crippen molar-refractivity contribution in [2.24, 2.45) is 10.9 Å². The highest BCUT2D eigenvalue weighted by molar-refractivity contribution is 6.35. The Balaban J connectivity index is 1.68. The van der Waals surface area contributed by atoms with Crippen molar-refractivity contribution < 1.29 is 13.9 Å². The number of aromatic amines is 1. The third kappa shape index (κ3) is 2.95. The monoisotopic (exact) mass is 402 g/mol. The Morgan fingerprint density at radius 1 is 1.46 bits per heavy atom. The van der Waals surface area contributed by atoms with Crippen LogP contribution in [0.3, 0.4) is 0 Å². The molecular formula is C20H20ClFN4O2. The summed E-state index contributed by atoms with van der Waals surface area (Å²) in [5.74, 6) is -0.569. The number of hydrogen-bond acceptors (Lipinski definition) is 4. The standard InChI is InChI=1S/C20H20ClFN4O2/c1-10(12-8-28-9-12)16-11(2)26(7-6-15(16)23-3)20(27)19-24-17-13(21)4-5-14(22)18(17)25-19/h4-5,11-12H,1,3,6-9H2,2H3,(H,24,25). The highest BCUT2D eigenvalue weighted by Gasteiger charge is 2.36. The SMILES string of the molecule is C=NC1=C(C(=C)C2COC2)C(C)N(C(=O)c2nc3c(F)ccc(Cl)c3[nH]2)CC1. The van der Waals surface area contributed by atoms with E-state index in [-0.39, 0.29) is 29.2 Å². The number of imidazole rings is 1. The second-order valence-corrected chi connectivity index (χ2v) is 7.45. The molecule has 28 heavy (non-hydrogen) atoms. The van der Waals surface area contributed by atoms with Gasteiger partial charge < -0.3 is 14.6 Å². The second-order valence-electron chi connectivity index (χ2n) is 7.04. The van der Waals surface area contributed by atoms with Gasteiger partial charge in [0.2, 0.25) is 0 Å². The molecule has 2 aliphatic heterocycles. The van der Waals surface area contributed by atoms with Crippen LogP contribution in [0.2, 0.25) is 5.02 Å². The summed E-state index contributed by atoms with van der Waals surface area (Å²) in [5.41, 5.74) is 3.07. The molecule has 0 aliphatic carbocycles. The molecule has 1 N–H and O–H groups in total. The number of carbonyl (C=O) groups excluding carboxylic acids is 1. The van der Waals surface area contributed by atoms with Crippen molar-refractivity contribution in [3.05, 3.63) is 52.2 Å². The number of benzene rings is 1. The lowest BCUT2D eigenvalue weighted by molar-refractivity contribution is -0.0129. The van der Waals surface area contributed by atoms with E-state index < -0.39 is 5.82 Å². The molecule has 0 radical (unpaired) electrons. The van der Waals surface area contributed by atoms with Gasteiger partial charge in [-0.1, -0.05) is 18.2 Å². The minimum Gasteiger partial charge on any atom is -0.380 e. The molecule has 1 aromatic heterocycles. The molecule has 0 bridgehead atoms. The Morgan fingerprint density at radius 2 is 2.21 bits per heavy atom. The zero-order valence-electron chi connectivity index (χ0n) is 15.5. The first-order chi connectivity index (χ1) is 13.4. The molecule has 4 rings (SSSR count). The number of carbonyl (C=O) groups is 1. The van der Waals surface area contributed by atoms with Crippen LogP contribution in [0.5, 0.6) is 0 Å². The third-order valence-electron chi connectivity index (χ3n) is 5.46. The average Bonchev–Trinajstić information content (AvgIpc) is 3.09. The fourth-order valence-electron chi connectivity index (χ4n) is 3.77. The number of nitrogens with one attached hydrogen (secondary N) is 1. The zero-order chi connectivity index (χ0) is 20.0. The number of hydrogen-bond donors (Lipinski definition) is 1. The summed E-state index contributed by atoms with van der Waals surface area (Å²) in [4.78, 5) is 26.0.